The Balaban J connectivity index is 1.71. The van der Waals surface area contributed by atoms with Gasteiger partial charge < -0.3 is 9.84 Å². The molecule has 2 aromatic heterocycles. The van der Waals surface area contributed by atoms with Crippen LogP contribution in [0.3, 0.4) is 0 Å². The molecule has 28 heavy (non-hydrogen) atoms. The van der Waals surface area contributed by atoms with Gasteiger partial charge in [-0.1, -0.05) is 5.21 Å². The summed E-state index contributed by atoms with van der Waals surface area (Å²) in [6.07, 6.45) is 4.37. The van der Waals surface area contributed by atoms with Gasteiger partial charge in [-0.3, -0.25) is 0 Å². The Hall–Kier alpha value is -3.01. The van der Waals surface area contributed by atoms with Crippen molar-refractivity contribution < 1.29 is 23.0 Å². The number of aromatic nitrogens is 5. The molecule has 148 valence electrons. The van der Waals surface area contributed by atoms with E-state index in [0.717, 1.165) is 12.1 Å². The van der Waals surface area contributed by atoms with Crippen LogP contribution >= 0.6 is 0 Å². The molecular formula is C18H18F3N5O2. The number of benzene rings is 1. The van der Waals surface area contributed by atoms with Gasteiger partial charge in [0.15, 0.2) is 0 Å². The molecule has 0 radical (unpaired) electrons. The maximum atomic E-state index is 13.6. The van der Waals surface area contributed by atoms with Crippen molar-refractivity contribution in [1.82, 2.24) is 25.0 Å². The fourth-order valence-electron chi connectivity index (χ4n) is 2.33. The fraction of sp³-hybridized carbons (Fsp3) is 0.333. The second-order valence-corrected chi connectivity index (χ2v) is 6.81. The first-order valence-electron chi connectivity index (χ1n) is 8.31. The Labute approximate surface area is 158 Å². The van der Waals surface area contributed by atoms with E-state index in [2.05, 4.69) is 20.3 Å². The fourth-order valence-corrected chi connectivity index (χ4v) is 2.33. The number of ether oxygens (including phenoxy) is 1. The standard InChI is InChI=1S/C18H18F3N5O2/c1-17(2,27)11-7-22-16(23-8-11)28-10-12-9-26(25-24-12)13-4-5-15(19)14(6-13)18(3,20)21/h4-9,27H,10H2,1-3H3. The van der Waals surface area contributed by atoms with E-state index in [1.54, 1.807) is 13.8 Å². The molecule has 0 spiro atoms. The normalized spacial score (nSPS) is 12.2. The van der Waals surface area contributed by atoms with Gasteiger partial charge in [-0.2, -0.15) is 0 Å². The van der Waals surface area contributed by atoms with E-state index in [1.165, 1.54) is 29.3 Å². The number of rotatable bonds is 6. The van der Waals surface area contributed by atoms with Gasteiger partial charge in [-0.05, 0) is 32.0 Å². The third-order valence-electron chi connectivity index (χ3n) is 3.91. The van der Waals surface area contributed by atoms with Crippen molar-refractivity contribution in [2.75, 3.05) is 0 Å². The van der Waals surface area contributed by atoms with Gasteiger partial charge in [0.05, 0.1) is 23.0 Å². The van der Waals surface area contributed by atoms with Crippen LogP contribution in [0.4, 0.5) is 13.2 Å². The Kier molecular flexibility index (Phi) is 5.07. The predicted molar refractivity (Wildman–Crippen MR) is 92.5 cm³/mol. The first-order chi connectivity index (χ1) is 13.0. The van der Waals surface area contributed by atoms with Gasteiger partial charge in [-0.15, -0.1) is 5.10 Å². The zero-order valence-corrected chi connectivity index (χ0v) is 15.4. The monoisotopic (exact) mass is 393 g/mol. The van der Waals surface area contributed by atoms with Crippen molar-refractivity contribution in [2.24, 2.45) is 0 Å². The van der Waals surface area contributed by atoms with Crippen LogP contribution in [0.15, 0.2) is 36.8 Å². The summed E-state index contributed by atoms with van der Waals surface area (Å²) in [5.74, 6) is -4.31. The summed E-state index contributed by atoms with van der Waals surface area (Å²) in [6.45, 7) is 3.83. The molecule has 1 N–H and O–H groups in total. The molecule has 10 heteroatoms. The molecule has 0 aliphatic rings. The number of hydrogen-bond acceptors (Lipinski definition) is 6. The first kappa shape index (κ1) is 19.7. The Bertz CT molecular complexity index is 963. The molecule has 0 amide bonds. The highest BCUT2D eigenvalue weighted by Crippen LogP contribution is 2.30. The molecule has 0 bridgehead atoms. The molecule has 0 unspecified atom stereocenters. The highest BCUT2D eigenvalue weighted by atomic mass is 19.3. The maximum absolute atomic E-state index is 13.6. The van der Waals surface area contributed by atoms with Crippen LogP contribution in [-0.2, 0) is 18.1 Å². The second kappa shape index (κ2) is 7.19. The van der Waals surface area contributed by atoms with E-state index in [-0.39, 0.29) is 18.3 Å². The van der Waals surface area contributed by atoms with Crippen molar-refractivity contribution in [2.45, 2.75) is 38.9 Å². The molecule has 1 aromatic carbocycles. The van der Waals surface area contributed by atoms with Crippen LogP contribution in [0.5, 0.6) is 6.01 Å². The molecular weight excluding hydrogens is 375 g/mol. The lowest BCUT2D eigenvalue weighted by Gasteiger charge is -2.16. The van der Waals surface area contributed by atoms with E-state index in [4.69, 9.17) is 4.74 Å². The van der Waals surface area contributed by atoms with Crippen LogP contribution in [0.2, 0.25) is 0 Å². The summed E-state index contributed by atoms with van der Waals surface area (Å²) in [6, 6.07) is 3.38. The summed E-state index contributed by atoms with van der Waals surface area (Å²) < 4.78 is 47.3. The molecule has 0 fully saturated rings. The Morgan fingerprint density at radius 3 is 2.43 bits per heavy atom. The molecule has 3 aromatic rings. The lowest BCUT2D eigenvalue weighted by molar-refractivity contribution is 0.0137. The minimum atomic E-state index is -3.32. The van der Waals surface area contributed by atoms with Gasteiger partial charge in [0, 0.05) is 24.9 Å². The molecule has 0 aliphatic heterocycles. The van der Waals surface area contributed by atoms with Gasteiger partial charge >= 0.3 is 6.01 Å². The number of alkyl halides is 2. The smallest absolute Gasteiger partial charge is 0.316 e. The molecule has 7 nitrogen and oxygen atoms in total. The number of aliphatic hydroxyl groups is 1. The first-order valence-corrected chi connectivity index (χ1v) is 8.31. The lowest BCUT2D eigenvalue weighted by atomic mass is 10.0. The topological polar surface area (TPSA) is 86.0 Å². The summed E-state index contributed by atoms with van der Waals surface area (Å²) in [4.78, 5) is 8.00. The molecule has 3 rings (SSSR count). The zero-order chi connectivity index (χ0) is 20.5. The van der Waals surface area contributed by atoms with Crippen LogP contribution < -0.4 is 4.74 Å². The SMILES string of the molecule is CC(C)(O)c1cnc(OCc2cn(-c3ccc(F)c(C(C)(F)F)c3)nn2)nc1. The van der Waals surface area contributed by atoms with Gasteiger partial charge in [0.25, 0.3) is 5.92 Å². The number of nitrogens with zero attached hydrogens (tertiary/aromatic N) is 5. The Morgan fingerprint density at radius 1 is 1.14 bits per heavy atom. The summed E-state index contributed by atoms with van der Waals surface area (Å²) >= 11 is 0. The van der Waals surface area contributed by atoms with Crippen molar-refractivity contribution in [1.29, 1.82) is 0 Å². The molecule has 0 atom stereocenters. The molecule has 0 saturated heterocycles. The quantitative estimate of drug-likeness (QED) is 0.693. The number of hydrogen-bond donors (Lipinski definition) is 1. The average Bonchev–Trinajstić information content (AvgIpc) is 3.08. The van der Waals surface area contributed by atoms with Crippen molar-refractivity contribution >= 4 is 0 Å². The molecule has 0 saturated carbocycles. The van der Waals surface area contributed by atoms with Gasteiger partial charge in [-0.25, -0.2) is 27.8 Å². The van der Waals surface area contributed by atoms with Crippen LogP contribution in [0.1, 0.15) is 37.6 Å². The summed E-state index contributed by atoms with van der Waals surface area (Å²) in [5.41, 5.74) is -0.624. The zero-order valence-electron chi connectivity index (χ0n) is 15.4. The van der Waals surface area contributed by atoms with Crippen LogP contribution in [-0.4, -0.2) is 30.1 Å². The van der Waals surface area contributed by atoms with Crippen LogP contribution in [0, 0.1) is 5.82 Å². The summed E-state index contributed by atoms with van der Waals surface area (Å²) in [5, 5.41) is 17.6. The third kappa shape index (κ3) is 4.45. The van der Waals surface area contributed by atoms with Crippen molar-refractivity contribution in [3.63, 3.8) is 0 Å². The Morgan fingerprint density at radius 2 is 1.82 bits per heavy atom. The van der Waals surface area contributed by atoms with Crippen molar-refractivity contribution in [3.8, 4) is 11.7 Å². The molecule has 2 heterocycles. The highest BCUT2D eigenvalue weighted by Gasteiger charge is 2.28. The largest absolute Gasteiger partial charge is 0.457 e. The average molecular weight is 393 g/mol. The van der Waals surface area contributed by atoms with E-state index in [1.807, 2.05) is 0 Å². The van der Waals surface area contributed by atoms with E-state index in [0.29, 0.717) is 18.2 Å². The van der Waals surface area contributed by atoms with E-state index in [9.17, 15) is 18.3 Å². The van der Waals surface area contributed by atoms with Gasteiger partial charge in [0.1, 0.15) is 18.1 Å². The van der Waals surface area contributed by atoms with E-state index >= 15 is 0 Å². The second-order valence-electron chi connectivity index (χ2n) is 6.81. The van der Waals surface area contributed by atoms with E-state index < -0.39 is 22.9 Å². The summed E-state index contributed by atoms with van der Waals surface area (Å²) in [7, 11) is 0. The van der Waals surface area contributed by atoms with Crippen molar-refractivity contribution in [3.05, 3.63) is 59.4 Å². The lowest BCUT2D eigenvalue weighted by Crippen LogP contribution is -2.16. The highest BCUT2D eigenvalue weighted by molar-refractivity contribution is 5.37. The third-order valence-corrected chi connectivity index (χ3v) is 3.91. The van der Waals surface area contributed by atoms with Gasteiger partial charge in [0.2, 0.25) is 0 Å². The number of halogens is 3. The minimum absolute atomic E-state index is 0.0140. The van der Waals surface area contributed by atoms with Crippen LogP contribution in [0.25, 0.3) is 5.69 Å². The minimum Gasteiger partial charge on any atom is -0.457 e. The predicted octanol–water partition coefficient (Wildman–Crippen LogP) is 3.11. The molecule has 0 aliphatic carbocycles. The maximum Gasteiger partial charge on any atom is 0.316 e.